The average molecular weight is 260 g/mol. The highest BCUT2D eigenvalue weighted by molar-refractivity contribution is 5.88. The van der Waals surface area contributed by atoms with Crippen molar-refractivity contribution in [2.45, 2.75) is 6.92 Å². The average Bonchev–Trinajstić information content (AvgIpc) is 2.83. The van der Waals surface area contributed by atoms with Crippen molar-refractivity contribution in [3.63, 3.8) is 0 Å². The van der Waals surface area contributed by atoms with Gasteiger partial charge in [-0.3, -0.25) is 0 Å². The number of ether oxygens (including phenoxy) is 1. The summed E-state index contributed by atoms with van der Waals surface area (Å²) < 4.78 is 7.20. The Morgan fingerprint density at radius 3 is 2.84 bits per heavy atom. The van der Waals surface area contributed by atoms with Crippen LogP contribution in [0.4, 0.5) is 5.82 Å². The first kappa shape index (κ1) is 12.0. The SMILES string of the molecule is CC(=Nc1ncnc2c1ncn2C)N1CCOCC1. The van der Waals surface area contributed by atoms with Gasteiger partial charge in [-0.2, -0.15) is 0 Å². The predicted molar refractivity (Wildman–Crippen MR) is 71.5 cm³/mol. The molecule has 100 valence electrons. The lowest BCUT2D eigenvalue weighted by Gasteiger charge is -2.28. The maximum Gasteiger partial charge on any atom is 0.185 e. The van der Waals surface area contributed by atoms with Gasteiger partial charge < -0.3 is 14.2 Å². The smallest absolute Gasteiger partial charge is 0.185 e. The van der Waals surface area contributed by atoms with Crippen molar-refractivity contribution in [2.24, 2.45) is 12.0 Å². The highest BCUT2D eigenvalue weighted by Gasteiger charge is 2.13. The number of hydrogen-bond acceptors (Lipinski definition) is 5. The van der Waals surface area contributed by atoms with Crippen molar-refractivity contribution in [2.75, 3.05) is 26.3 Å². The van der Waals surface area contributed by atoms with E-state index in [-0.39, 0.29) is 0 Å². The van der Waals surface area contributed by atoms with Crippen LogP contribution in [-0.4, -0.2) is 56.6 Å². The van der Waals surface area contributed by atoms with Crippen LogP contribution in [0.5, 0.6) is 0 Å². The van der Waals surface area contributed by atoms with Gasteiger partial charge in [-0.05, 0) is 6.92 Å². The summed E-state index contributed by atoms with van der Waals surface area (Å²) in [6.07, 6.45) is 3.25. The first-order valence-corrected chi connectivity index (χ1v) is 6.26. The molecule has 0 saturated carbocycles. The Labute approximate surface area is 111 Å². The molecular weight excluding hydrogens is 244 g/mol. The number of aliphatic imine (C=N–C) groups is 1. The fourth-order valence-electron chi connectivity index (χ4n) is 2.13. The molecule has 1 aliphatic rings. The summed E-state index contributed by atoms with van der Waals surface area (Å²) in [4.78, 5) is 19.5. The minimum atomic E-state index is 0.620. The summed E-state index contributed by atoms with van der Waals surface area (Å²) in [5, 5.41) is 0. The molecule has 1 aliphatic heterocycles. The van der Waals surface area contributed by atoms with Gasteiger partial charge in [0, 0.05) is 20.1 Å². The van der Waals surface area contributed by atoms with Gasteiger partial charge in [-0.1, -0.05) is 0 Å². The van der Waals surface area contributed by atoms with Gasteiger partial charge in [-0.15, -0.1) is 0 Å². The first-order valence-electron chi connectivity index (χ1n) is 6.26. The van der Waals surface area contributed by atoms with Gasteiger partial charge in [0.15, 0.2) is 17.0 Å². The molecule has 7 nitrogen and oxygen atoms in total. The molecule has 3 rings (SSSR count). The number of morpholine rings is 1. The van der Waals surface area contributed by atoms with Crippen LogP contribution in [0, 0.1) is 0 Å². The number of aryl methyl sites for hydroxylation is 1. The van der Waals surface area contributed by atoms with E-state index in [1.807, 2.05) is 18.5 Å². The molecule has 19 heavy (non-hydrogen) atoms. The Hall–Kier alpha value is -2.02. The second kappa shape index (κ2) is 4.93. The quantitative estimate of drug-likeness (QED) is 0.559. The Morgan fingerprint density at radius 1 is 1.26 bits per heavy atom. The van der Waals surface area contributed by atoms with Crippen molar-refractivity contribution in [1.82, 2.24) is 24.4 Å². The lowest BCUT2D eigenvalue weighted by Crippen LogP contribution is -2.39. The van der Waals surface area contributed by atoms with Gasteiger partial charge in [0.25, 0.3) is 0 Å². The molecule has 0 aliphatic carbocycles. The molecule has 0 aromatic carbocycles. The molecule has 7 heteroatoms. The zero-order valence-electron chi connectivity index (χ0n) is 11.1. The zero-order valence-corrected chi connectivity index (χ0v) is 11.1. The van der Waals surface area contributed by atoms with Crippen LogP contribution in [0.25, 0.3) is 11.2 Å². The van der Waals surface area contributed by atoms with Crippen molar-refractivity contribution in [3.8, 4) is 0 Å². The number of imidazole rings is 1. The van der Waals surface area contributed by atoms with Crippen LogP contribution < -0.4 is 0 Å². The zero-order chi connectivity index (χ0) is 13.2. The summed E-state index contributed by atoms with van der Waals surface area (Å²) >= 11 is 0. The minimum Gasteiger partial charge on any atom is -0.378 e. The van der Waals surface area contributed by atoms with Gasteiger partial charge >= 0.3 is 0 Å². The number of fused-ring (bicyclic) bond motifs is 1. The molecule has 2 aromatic rings. The van der Waals surface area contributed by atoms with E-state index in [9.17, 15) is 0 Å². The molecule has 0 bridgehead atoms. The maximum atomic E-state index is 5.34. The predicted octanol–water partition coefficient (Wildman–Crippen LogP) is 0.745. The highest BCUT2D eigenvalue weighted by Crippen LogP contribution is 2.19. The van der Waals surface area contributed by atoms with Gasteiger partial charge in [-0.25, -0.2) is 19.9 Å². The molecule has 0 amide bonds. The molecule has 0 unspecified atom stereocenters. The number of amidine groups is 1. The topological polar surface area (TPSA) is 68.4 Å². The van der Waals surface area contributed by atoms with Crippen LogP contribution in [-0.2, 0) is 11.8 Å². The van der Waals surface area contributed by atoms with E-state index in [2.05, 4.69) is 24.8 Å². The van der Waals surface area contributed by atoms with E-state index in [1.165, 1.54) is 6.33 Å². The van der Waals surface area contributed by atoms with Crippen LogP contribution in [0.15, 0.2) is 17.6 Å². The van der Waals surface area contributed by atoms with Crippen molar-refractivity contribution >= 4 is 22.8 Å². The third-order valence-corrected chi connectivity index (χ3v) is 3.21. The Kier molecular flexibility index (Phi) is 3.12. The van der Waals surface area contributed by atoms with E-state index < -0.39 is 0 Å². The van der Waals surface area contributed by atoms with Crippen LogP contribution in [0.3, 0.4) is 0 Å². The Bertz CT molecular complexity index is 614. The lowest BCUT2D eigenvalue weighted by molar-refractivity contribution is 0.0678. The molecular formula is C12H16N6O. The lowest BCUT2D eigenvalue weighted by atomic mass is 10.4. The van der Waals surface area contributed by atoms with Crippen LogP contribution in [0.1, 0.15) is 6.92 Å². The number of aromatic nitrogens is 4. The number of rotatable bonds is 1. The molecule has 0 atom stereocenters. The number of nitrogens with zero attached hydrogens (tertiary/aromatic N) is 6. The van der Waals surface area contributed by atoms with E-state index in [0.717, 1.165) is 43.3 Å². The monoisotopic (exact) mass is 260 g/mol. The van der Waals surface area contributed by atoms with Crippen molar-refractivity contribution < 1.29 is 4.74 Å². The molecule has 1 saturated heterocycles. The van der Waals surface area contributed by atoms with Gasteiger partial charge in [0.05, 0.1) is 19.5 Å². The summed E-state index contributed by atoms with van der Waals surface area (Å²) in [5.74, 6) is 1.56. The van der Waals surface area contributed by atoms with Gasteiger partial charge in [0.1, 0.15) is 12.2 Å². The Morgan fingerprint density at radius 2 is 2.05 bits per heavy atom. The van der Waals surface area contributed by atoms with E-state index in [1.54, 1.807) is 6.33 Å². The number of hydrogen-bond donors (Lipinski definition) is 0. The second-order valence-electron chi connectivity index (χ2n) is 4.48. The van der Waals surface area contributed by atoms with Crippen molar-refractivity contribution in [1.29, 1.82) is 0 Å². The van der Waals surface area contributed by atoms with Gasteiger partial charge in [0.2, 0.25) is 0 Å². The third-order valence-electron chi connectivity index (χ3n) is 3.21. The third kappa shape index (κ3) is 2.28. The Balaban J connectivity index is 1.95. The molecule has 3 heterocycles. The molecule has 1 fully saturated rings. The molecule has 0 spiro atoms. The highest BCUT2D eigenvalue weighted by atomic mass is 16.5. The molecule has 2 aromatic heterocycles. The standard InChI is InChI=1S/C12H16N6O/c1-9(18-3-5-19-6-4-18)16-11-10-12(14-7-13-11)17(2)8-15-10/h7-8H,3-6H2,1-2H3. The van der Waals surface area contributed by atoms with E-state index in [0.29, 0.717) is 5.82 Å². The minimum absolute atomic E-state index is 0.620. The molecule has 0 N–H and O–H groups in total. The van der Waals surface area contributed by atoms with Crippen LogP contribution in [0.2, 0.25) is 0 Å². The van der Waals surface area contributed by atoms with Crippen molar-refractivity contribution in [3.05, 3.63) is 12.7 Å². The largest absolute Gasteiger partial charge is 0.378 e. The van der Waals surface area contributed by atoms with Crippen LogP contribution >= 0.6 is 0 Å². The summed E-state index contributed by atoms with van der Waals surface area (Å²) in [7, 11) is 1.91. The molecule has 0 radical (unpaired) electrons. The summed E-state index contributed by atoms with van der Waals surface area (Å²) in [5.41, 5.74) is 1.53. The fourth-order valence-corrected chi connectivity index (χ4v) is 2.13. The first-order chi connectivity index (χ1) is 9.25. The summed E-state index contributed by atoms with van der Waals surface area (Å²) in [6.45, 7) is 5.21. The van der Waals surface area contributed by atoms with E-state index in [4.69, 9.17) is 4.74 Å². The summed E-state index contributed by atoms with van der Waals surface area (Å²) in [6, 6.07) is 0. The maximum absolute atomic E-state index is 5.34. The van der Waals surface area contributed by atoms with E-state index >= 15 is 0 Å². The fraction of sp³-hybridized carbons (Fsp3) is 0.500. The normalized spacial score (nSPS) is 17.2. The second-order valence-corrected chi connectivity index (χ2v) is 4.48.